The number of para-hydroxylation sites is 1. The highest BCUT2D eigenvalue weighted by atomic mass is 16.6. The molecular weight excluding hydrogens is 204 g/mol. The maximum Gasteiger partial charge on any atom is 0.276 e. The van der Waals surface area contributed by atoms with Crippen molar-refractivity contribution in [3.63, 3.8) is 0 Å². The minimum atomic E-state index is -0.362. The van der Waals surface area contributed by atoms with Crippen molar-refractivity contribution >= 4 is 11.8 Å². The van der Waals surface area contributed by atoms with Gasteiger partial charge in [-0.3, -0.25) is 10.1 Å². The molecule has 1 aromatic rings. The van der Waals surface area contributed by atoms with Gasteiger partial charge < -0.3 is 5.32 Å². The molecule has 86 valence electrons. The minimum absolute atomic E-state index is 0.147. The number of nitrogens with zero attached hydrogens (tertiary/aromatic N) is 1. The van der Waals surface area contributed by atoms with E-state index in [1.165, 1.54) is 6.07 Å². The molecule has 0 spiro atoms. The topological polar surface area (TPSA) is 55.2 Å². The van der Waals surface area contributed by atoms with Crippen LogP contribution in [0.3, 0.4) is 0 Å². The maximum atomic E-state index is 10.7. The first-order chi connectivity index (χ1) is 7.75. The molecule has 0 fully saturated rings. The lowest BCUT2D eigenvalue weighted by Gasteiger charge is -1.98. The lowest BCUT2D eigenvalue weighted by molar-refractivity contribution is -0.385. The molecule has 0 aromatic heterocycles. The van der Waals surface area contributed by atoms with Crippen LogP contribution in [0.4, 0.5) is 5.69 Å². The highest BCUT2D eigenvalue weighted by Crippen LogP contribution is 2.18. The quantitative estimate of drug-likeness (QED) is 0.455. The summed E-state index contributed by atoms with van der Waals surface area (Å²) < 4.78 is 0. The van der Waals surface area contributed by atoms with Gasteiger partial charge in [-0.05, 0) is 19.0 Å². The van der Waals surface area contributed by atoms with Crippen LogP contribution in [-0.2, 0) is 0 Å². The second-order valence-corrected chi connectivity index (χ2v) is 3.42. The number of nitro benzene ring substituents is 1. The van der Waals surface area contributed by atoms with Crippen molar-refractivity contribution in [2.45, 2.75) is 13.3 Å². The fourth-order valence-corrected chi connectivity index (χ4v) is 1.34. The third-order valence-corrected chi connectivity index (χ3v) is 2.12. The molecular formula is C12H16N2O2. The van der Waals surface area contributed by atoms with Crippen LogP contribution in [0.15, 0.2) is 30.3 Å². The van der Waals surface area contributed by atoms with Gasteiger partial charge >= 0.3 is 0 Å². The van der Waals surface area contributed by atoms with Crippen molar-refractivity contribution in [1.29, 1.82) is 0 Å². The van der Waals surface area contributed by atoms with E-state index in [0.29, 0.717) is 5.56 Å². The summed E-state index contributed by atoms with van der Waals surface area (Å²) in [5.74, 6) is 0. The summed E-state index contributed by atoms with van der Waals surface area (Å²) in [5.41, 5.74) is 0.792. The van der Waals surface area contributed by atoms with E-state index in [1.807, 2.05) is 6.08 Å². The van der Waals surface area contributed by atoms with Crippen LogP contribution in [0.25, 0.3) is 6.08 Å². The Morgan fingerprint density at radius 1 is 1.44 bits per heavy atom. The predicted octanol–water partition coefficient (Wildman–Crippen LogP) is 2.61. The van der Waals surface area contributed by atoms with Gasteiger partial charge in [0.2, 0.25) is 0 Å². The number of hydrogen-bond acceptors (Lipinski definition) is 3. The van der Waals surface area contributed by atoms with Gasteiger partial charge in [0.1, 0.15) is 0 Å². The zero-order valence-electron chi connectivity index (χ0n) is 9.35. The molecule has 4 nitrogen and oxygen atoms in total. The van der Waals surface area contributed by atoms with Gasteiger partial charge in [0.15, 0.2) is 0 Å². The van der Waals surface area contributed by atoms with Crippen LogP contribution in [0.5, 0.6) is 0 Å². The van der Waals surface area contributed by atoms with E-state index in [-0.39, 0.29) is 10.6 Å². The molecule has 0 amide bonds. The van der Waals surface area contributed by atoms with E-state index in [0.717, 1.165) is 19.5 Å². The van der Waals surface area contributed by atoms with Gasteiger partial charge in [0, 0.05) is 12.6 Å². The summed E-state index contributed by atoms with van der Waals surface area (Å²) in [4.78, 5) is 10.4. The molecule has 1 N–H and O–H groups in total. The third kappa shape index (κ3) is 3.82. The fraction of sp³-hybridized carbons (Fsp3) is 0.333. The van der Waals surface area contributed by atoms with E-state index in [2.05, 4.69) is 12.2 Å². The maximum absolute atomic E-state index is 10.7. The van der Waals surface area contributed by atoms with Gasteiger partial charge in [0.05, 0.1) is 10.5 Å². The molecule has 0 radical (unpaired) electrons. The molecule has 0 aliphatic heterocycles. The highest BCUT2D eigenvalue weighted by molar-refractivity contribution is 5.60. The third-order valence-electron chi connectivity index (χ3n) is 2.12. The Morgan fingerprint density at radius 3 is 2.88 bits per heavy atom. The van der Waals surface area contributed by atoms with Crippen molar-refractivity contribution in [2.24, 2.45) is 0 Å². The average Bonchev–Trinajstić information content (AvgIpc) is 2.29. The Balaban J connectivity index is 2.62. The summed E-state index contributed by atoms with van der Waals surface area (Å²) in [6, 6.07) is 6.73. The van der Waals surface area contributed by atoms with Crippen LogP contribution in [0.1, 0.15) is 18.9 Å². The summed E-state index contributed by atoms with van der Waals surface area (Å²) in [7, 11) is 0. The molecule has 4 heteroatoms. The minimum Gasteiger partial charge on any atom is -0.313 e. The van der Waals surface area contributed by atoms with Gasteiger partial charge in [-0.15, -0.1) is 0 Å². The van der Waals surface area contributed by atoms with Crippen LogP contribution in [-0.4, -0.2) is 18.0 Å². The standard InChI is InChI=1S/C12H16N2O2/c1-2-9-13-10-5-7-11-6-3-4-8-12(11)14(15)16/h3-8,13H,2,9-10H2,1H3. The van der Waals surface area contributed by atoms with Gasteiger partial charge in [-0.25, -0.2) is 0 Å². The van der Waals surface area contributed by atoms with Crippen molar-refractivity contribution in [3.05, 3.63) is 46.0 Å². The first-order valence-corrected chi connectivity index (χ1v) is 5.36. The van der Waals surface area contributed by atoms with Gasteiger partial charge in [0.25, 0.3) is 5.69 Å². The zero-order valence-corrected chi connectivity index (χ0v) is 9.35. The number of nitro groups is 1. The molecule has 1 rings (SSSR count). The molecule has 0 bridgehead atoms. The zero-order chi connectivity index (χ0) is 11.8. The molecule has 0 saturated carbocycles. The Morgan fingerprint density at radius 2 is 2.19 bits per heavy atom. The highest BCUT2D eigenvalue weighted by Gasteiger charge is 2.08. The summed E-state index contributed by atoms with van der Waals surface area (Å²) >= 11 is 0. The van der Waals surface area contributed by atoms with Crippen LogP contribution < -0.4 is 5.32 Å². The van der Waals surface area contributed by atoms with Gasteiger partial charge in [-0.2, -0.15) is 0 Å². The fourth-order valence-electron chi connectivity index (χ4n) is 1.34. The monoisotopic (exact) mass is 220 g/mol. The van der Waals surface area contributed by atoms with Crippen LogP contribution in [0, 0.1) is 10.1 Å². The molecule has 0 saturated heterocycles. The molecule has 0 unspecified atom stereocenters. The lowest BCUT2D eigenvalue weighted by atomic mass is 10.1. The molecule has 0 aliphatic rings. The normalized spacial score (nSPS) is 10.8. The predicted molar refractivity (Wildman–Crippen MR) is 65.3 cm³/mol. The van der Waals surface area contributed by atoms with Crippen molar-refractivity contribution < 1.29 is 4.92 Å². The number of benzene rings is 1. The molecule has 0 atom stereocenters. The summed E-state index contributed by atoms with van der Waals surface area (Å²) in [5, 5.41) is 13.9. The largest absolute Gasteiger partial charge is 0.313 e. The summed E-state index contributed by atoms with van der Waals surface area (Å²) in [6.07, 6.45) is 4.76. The number of hydrogen-bond donors (Lipinski definition) is 1. The Kier molecular flexibility index (Phi) is 5.22. The SMILES string of the molecule is CCCNCC=Cc1ccccc1[N+](=O)[O-]. The Hall–Kier alpha value is -1.68. The van der Waals surface area contributed by atoms with Crippen molar-refractivity contribution in [3.8, 4) is 0 Å². The molecule has 0 aliphatic carbocycles. The number of nitrogens with one attached hydrogen (secondary N) is 1. The van der Waals surface area contributed by atoms with E-state index in [4.69, 9.17) is 0 Å². The number of rotatable bonds is 6. The molecule has 1 aromatic carbocycles. The van der Waals surface area contributed by atoms with E-state index in [1.54, 1.807) is 24.3 Å². The summed E-state index contributed by atoms with van der Waals surface area (Å²) in [6.45, 7) is 3.79. The van der Waals surface area contributed by atoms with Crippen molar-refractivity contribution in [2.75, 3.05) is 13.1 Å². The smallest absolute Gasteiger partial charge is 0.276 e. The average molecular weight is 220 g/mol. The molecule has 0 heterocycles. The van der Waals surface area contributed by atoms with Crippen molar-refractivity contribution in [1.82, 2.24) is 5.32 Å². The second-order valence-electron chi connectivity index (χ2n) is 3.42. The second kappa shape index (κ2) is 6.74. The Labute approximate surface area is 95.1 Å². The first-order valence-electron chi connectivity index (χ1n) is 5.36. The lowest BCUT2D eigenvalue weighted by Crippen LogP contribution is -2.13. The van der Waals surface area contributed by atoms with Gasteiger partial charge in [-0.1, -0.05) is 31.2 Å². The van der Waals surface area contributed by atoms with E-state index < -0.39 is 0 Å². The Bertz CT molecular complexity index is 375. The van der Waals surface area contributed by atoms with E-state index >= 15 is 0 Å². The van der Waals surface area contributed by atoms with E-state index in [9.17, 15) is 10.1 Å². The van der Waals surface area contributed by atoms with Crippen LogP contribution >= 0.6 is 0 Å². The van der Waals surface area contributed by atoms with Crippen LogP contribution in [0.2, 0.25) is 0 Å². The molecule has 16 heavy (non-hydrogen) atoms. The first kappa shape index (κ1) is 12.4.